The fraction of sp³-hybridized carbons (Fsp3) is 0.435. The van der Waals surface area contributed by atoms with E-state index in [4.69, 9.17) is 4.74 Å². The third-order valence-corrected chi connectivity index (χ3v) is 5.34. The van der Waals surface area contributed by atoms with Gasteiger partial charge < -0.3 is 20.1 Å². The standard InChI is InChI=1S/C23H32N4O2.HI/c1-18-5-4-6-19(15-18)17-26-11-13-27(14-12-26)23(24-2)25-10-9-20-7-8-21(29-3)16-22(20)28;/h4-8,15-16,28H,9-14,17H2,1-3H3,(H,24,25);1H. The Kier molecular flexibility index (Phi) is 9.71. The highest BCUT2D eigenvalue weighted by Crippen LogP contribution is 2.23. The first-order valence-electron chi connectivity index (χ1n) is 10.2. The summed E-state index contributed by atoms with van der Waals surface area (Å²) in [7, 11) is 3.42. The molecule has 3 rings (SSSR count). The van der Waals surface area contributed by atoms with Crippen molar-refractivity contribution in [2.24, 2.45) is 4.99 Å². The van der Waals surface area contributed by atoms with E-state index in [1.807, 2.05) is 19.2 Å². The number of rotatable bonds is 6. The first-order chi connectivity index (χ1) is 14.1. The number of aryl methyl sites for hydroxylation is 1. The summed E-state index contributed by atoms with van der Waals surface area (Å²) in [6.07, 6.45) is 0.724. The van der Waals surface area contributed by atoms with E-state index < -0.39 is 0 Å². The maximum atomic E-state index is 10.1. The molecule has 7 heteroatoms. The molecule has 0 aliphatic carbocycles. The number of aromatic hydroxyl groups is 1. The van der Waals surface area contributed by atoms with Gasteiger partial charge >= 0.3 is 0 Å². The van der Waals surface area contributed by atoms with E-state index in [-0.39, 0.29) is 29.7 Å². The average Bonchev–Trinajstić information content (AvgIpc) is 2.73. The number of phenolic OH excluding ortho intramolecular Hbond substituents is 1. The van der Waals surface area contributed by atoms with E-state index in [1.54, 1.807) is 13.2 Å². The van der Waals surface area contributed by atoms with Gasteiger partial charge in [0.15, 0.2) is 5.96 Å². The van der Waals surface area contributed by atoms with Crippen LogP contribution in [0.3, 0.4) is 0 Å². The smallest absolute Gasteiger partial charge is 0.193 e. The number of phenols is 1. The first-order valence-corrected chi connectivity index (χ1v) is 10.2. The Balaban J connectivity index is 0.00000320. The van der Waals surface area contributed by atoms with E-state index in [0.717, 1.165) is 57.2 Å². The number of hydrogen-bond donors (Lipinski definition) is 2. The van der Waals surface area contributed by atoms with Gasteiger partial charge in [-0.15, -0.1) is 24.0 Å². The minimum atomic E-state index is 0. The third kappa shape index (κ3) is 6.77. The van der Waals surface area contributed by atoms with Gasteiger partial charge in [-0.25, -0.2) is 0 Å². The highest BCUT2D eigenvalue weighted by atomic mass is 127. The summed E-state index contributed by atoms with van der Waals surface area (Å²) in [5, 5.41) is 13.5. The topological polar surface area (TPSA) is 60.3 Å². The van der Waals surface area contributed by atoms with Crippen LogP contribution in [0.25, 0.3) is 0 Å². The van der Waals surface area contributed by atoms with Crippen LogP contribution in [0.15, 0.2) is 47.5 Å². The summed E-state index contributed by atoms with van der Waals surface area (Å²) in [5.41, 5.74) is 3.59. The molecule has 1 aliphatic rings. The molecule has 0 aromatic heterocycles. The van der Waals surface area contributed by atoms with Crippen molar-refractivity contribution in [3.63, 3.8) is 0 Å². The van der Waals surface area contributed by atoms with E-state index in [0.29, 0.717) is 5.75 Å². The molecule has 0 radical (unpaired) electrons. The molecule has 0 saturated carbocycles. The van der Waals surface area contributed by atoms with Crippen molar-refractivity contribution in [3.05, 3.63) is 59.2 Å². The molecule has 2 N–H and O–H groups in total. The van der Waals surface area contributed by atoms with Crippen LogP contribution in [0.4, 0.5) is 0 Å². The zero-order valence-electron chi connectivity index (χ0n) is 18.1. The SMILES string of the molecule is CN=C(NCCc1ccc(OC)cc1O)N1CCN(Cc2cccc(C)c2)CC1.I. The van der Waals surface area contributed by atoms with Crippen molar-refractivity contribution in [2.45, 2.75) is 19.9 Å². The Labute approximate surface area is 197 Å². The van der Waals surface area contributed by atoms with Crippen molar-refractivity contribution in [2.75, 3.05) is 46.9 Å². The molecule has 1 aliphatic heterocycles. The Bertz CT molecular complexity index is 836. The van der Waals surface area contributed by atoms with Crippen molar-refractivity contribution in [3.8, 4) is 11.5 Å². The Morgan fingerprint density at radius 2 is 1.90 bits per heavy atom. The first kappa shape index (κ1) is 24.3. The molecular weight excluding hydrogens is 491 g/mol. The number of ether oxygens (including phenoxy) is 1. The second kappa shape index (κ2) is 12.0. The third-order valence-electron chi connectivity index (χ3n) is 5.34. The maximum Gasteiger partial charge on any atom is 0.193 e. The van der Waals surface area contributed by atoms with E-state index in [2.05, 4.69) is 51.3 Å². The van der Waals surface area contributed by atoms with Gasteiger partial charge in [-0.1, -0.05) is 35.9 Å². The second-order valence-corrected chi connectivity index (χ2v) is 7.47. The monoisotopic (exact) mass is 524 g/mol. The summed E-state index contributed by atoms with van der Waals surface area (Å²) >= 11 is 0. The van der Waals surface area contributed by atoms with Gasteiger partial charge in [0.1, 0.15) is 11.5 Å². The van der Waals surface area contributed by atoms with Crippen molar-refractivity contribution >= 4 is 29.9 Å². The number of aliphatic imine (C=N–C) groups is 1. The minimum Gasteiger partial charge on any atom is -0.508 e. The molecule has 164 valence electrons. The lowest BCUT2D eigenvalue weighted by molar-refractivity contribution is 0.172. The molecule has 1 saturated heterocycles. The number of guanidine groups is 1. The minimum absolute atomic E-state index is 0. The van der Waals surface area contributed by atoms with Crippen molar-refractivity contribution < 1.29 is 9.84 Å². The second-order valence-electron chi connectivity index (χ2n) is 7.47. The Morgan fingerprint density at radius 1 is 1.13 bits per heavy atom. The van der Waals surface area contributed by atoms with Gasteiger partial charge in [0.25, 0.3) is 0 Å². The van der Waals surface area contributed by atoms with Crippen LogP contribution in [0.1, 0.15) is 16.7 Å². The lowest BCUT2D eigenvalue weighted by atomic mass is 10.1. The largest absolute Gasteiger partial charge is 0.508 e. The molecule has 0 spiro atoms. The van der Waals surface area contributed by atoms with Crippen LogP contribution in [0.2, 0.25) is 0 Å². The predicted molar refractivity (Wildman–Crippen MR) is 133 cm³/mol. The average molecular weight is 524 g/mol. The number of methoxy groups -OCH3 is 1. The maximum absolute atomic E-state index is 10.1. The zero-order valence-corrected chi connectivity index (χ0v) is 20.4. The molecule has 0 bridgehead atoms. The van der Waals surface area contributed by atoms with Crippen LogP contribution >= 0.6 is 24.0 Å². The number of halogens is 1. The molecular formula is C23H33IN4O2. The van der Waals surface area contributed by atoms with Crippen molar-refractivity contribution in [1.29, 1.82) is 0 Å². The summed E-state index contributed by atoms with van der Waals surface area (Å²) in [6.45, 7) is 7.82. The highest BCUT2D eigenvalue weighted by Gasteiger charge is 2.19. The number of benzene rings is 2. The van der Waals surface area contributed by atoms with Crippen LogP contribution in [0, 0.1) is 6.92 Å². The van der Waals surface area contributed by atoms with Gasteiger partial charge in [-0.05, 0) is 30.5 Å². The lowest BCUT2D eigenvalue weighted by Gasteiger charge is -2.36. The van der Waals surface area contributed by atoms with Crippen molar-refractivity contribution in [1.82, 2.24) is 15.1 Å². The molecule has 1 heterocycles. The summed E-state index contributed by atoms with van der Waals surface area (Å²) < 4.78 is 5.14. The van der Waals surface area contributed by atoms with Crippen LogP contribution < -0.4 is 10.1 Å². The molecule has 2 aromatic carbocycles. The number of nitrogens with zero attached hydrogens (tertiary/aromatic N) is 3. The number of hydrogen-bond acceptors (Lipinski definition) is 4. The number of nitrogens with one attached hydrogen (secondary N) is 1. The van der Waals surface area contributed by atoms with Gasteiger partial charge in [-0.3, -0.25) is 9.89 Å². The molecule has 30 heavy (non-hydrogen) atoms. The number of piperazine rings is 1. The molecule has 1 fully saturated rings. The van der Waals surface area contributed by atoms with Crippen LogP contribution in [-0.4, -0.2) is 67.7 Å². The molecule has 0 amide bonds. The fourth-order valence-corrected chi connectivity index (χ4v) is 3.71. The Hall–Kier alpha value is -2.00. The summed E-state index contributed by atoms with van der Waals surface area (Å²) in [4.78, 5) is 9.24. The van der Waals surface area contributed by atoms with Gasteiger partial charge in [-0.2, -0.15) is 0 Å². The molecule has 0 atom stereocenters. The molecule has 0 unspecified atom stereocenters. The fourth-order valence-electron chi connectivity index (χ4n) is 3.71. The van der Waals surface area contributed by atoms with E-state index >= 15 is 0 Å². The van der Waals surface area contributed by atoms with Gasteiger partial charge in [0, 0.05) is 52.4 Å². The molecule has 6 nitrogen and oxygen atoms in total. The lowest BCUT2D eigenvalue weighted by Crippen LogP contribution is -2.52. The molecule has 2 aromatic rings. The summed E-state index contributed by atoms with van der Waals surface area (Å²) in [6, 6.07) is 14.2. The highest BCUT2D eigenvalue weighted by molar-refractivity contribution is 14.0. The predicted octanol–water partition coefficient (Wildman–Crippen LogP) is 3.26. The summed E-state index contributed by atoms with van der Waals surface area (Å²) in [5.74, 6) is 1.86. The zero-order chi connectivity index (χ0) is 20.6. The van der Waals surface area contributed by atoms with Crippen LogP contribution in [-0.2, 0) is 13.0 Å². The normalized spacial score (nSPS) is 14.9. The van der Waals surface area contributed by atoms with Crippen LogP contribution in [0.5, 0.6) is 11.5 Å². The van der Waals surface area contributed by atoms with E-state index in [9.17, 15) is 5.11 Å². The quantitative estimate of drug-likeness (QED) is 0.345. The van der Waals surface area contributed by atoms with Gasteiger partial charge in [0.05, 0.1) is 7.11 Å². The van der Waals surface area contributed by atoms with E-state index in [1.165, 1.54) is 11.1 Å². The van der Waals surface area contributed by atoms with Gasteiger partial charge in [0.2, 0.25) is 0 Å². The Morgan fingerprint density at radius 3 is 2.53 bits per heavy atom.